The monoisotopic (exact) mass is 261 g/mol. The van der Waals surface area contributed by atoms with E-state index in [4.69, 9.17) is 0 Å². The predicted octanol–water partition coefficient (Wildman–Crippen LogP) is 5.10. The van der Waals surface area contributed by atoms with Crippen molar-refractivity contribution < 1.29 is 0 Å². The average molecular weight is 261 g/mol. The molecule has 1 N–H and O–H groups in total. The van der Waals surface area contributed by atoms with Gasteiger partial charge >= 0.3 is 0 Å². The molecule has 0 atom stereocenters. The summed E-state index contributed by atoms with van der Waals surface area (Å²) in [6.07, 6.45) is 3.47. The molecule has 1 aliphatic rings. The molecule has 0 saturated carbocycles. The second-order valence-electron chi connectivity index (χ2n) is 6.92. The Hall–Kier alpha value is -0.890. The van der Waals surface area contributed by atoms with Gasteiger partial charge in [0.2, 0.25) is 0 Å². The third-order valence-corrected chi connectivity index (χ3v) is 4.10. The molecule has 0 radical (unpaired) electrons. The first-order valence-electron chi connectivity index (χ1n) is 6.52. The SMILES string of the molecule is CC(C)(C)CC(C)(C)C1=Cc2ccccc2SN1. The third-order valence-electron chi connectivity index (χ3n) is 3.19. The van der Waals surface area contributed by atoms with Crippen molar-refractivity contribution in [1.82, 2.24) is 4.72 Å². The summed E-state index contributed by atoms with van der Waals surface area (Å²) < 4.78 is 3.52. The predicted molar refractivity (Wildman–Crippen MR) is 81.3 cm³/mol. The van der Waals surface area contributed by atoms with Crippen LogP contribution in [0.4, 0.5) is 0 Å². The maximum absolute atomic E-state index is 3.52. The number of nitrogens with one attached hydrogen (secondary N) is 1. The zero-order valence-corrected chi connectivity index (χ0v) is 12.8. The first-order chi connectivity index (χ1) is 8.28. The smallest absolute Gasteiger partial charge is 0.0357 e. The summed E-state index contributed by atoms with van der Waals surface area (Å²) in [5.41, 5.74) is 3.19. The van der Waals surface area contributed by atoms with Gasteiger partial charge in [0.1, 0.15) is 0 Å². The molecule has 0 unspecified atom stereocenters. The molecular weight excluding hydrogens is 238 g/mol. The molecule has 0 saturated heterocycles. The Labute approximate surface area is 115 Å². The molecule has 0 bridgehead atoms. The Morgan fingerprint density at radius 3 is 2.39 bits per heavy atom. The number of hydrogen-bond donors (Lipinski definition) is 1. The lowest BCUT2D eigenvalue weighted by molar-refractivity contribution is 0.246. The summed E-state index contributed by atoms with van der Waals surface area (Å²) in [6.45, 7) is 11.6. The zero-order valence-electron chi connectivity index (χ0n) is 12.0. The first kappa shape index (κ1) is 13.5. The van der Waals surface area contributed by atoms with E-state index < -0.39 is 0 Å². The highest BCUT2D eigenvalue weighted by atomic mass is 32.2. The van der Waals surface area contributed by atoms with Gasteiger partial charge < -0.3 is 4.72 Å². The van der Waals surface area contributed by atoms with Crippen molar-refractivity contribution in [3.63, 3.8) is 0 Å². The lowest BCUT2D eigenvalue weighted by Gasteiger charge is -2.36. The first-order valence-corrected chi connectivity index (χ1v) is 7.34. The van der Waals surface area contributed by atoms with Crippen LogP contribution in [0, 0.1) is 10.8 Å². The van der Waals surface area contributed by atoms with Crippen LogP contribution in [-0.2, 0) is 0 Å². The van der Waals surface area contributed by atoms with E-state index in [1.165, 1.54) is 22.6 Å². The maximum Gasteiger partial charge on any atom is 0.0357 e. The van der Waals surface area contributed by atoms with Crippen molar-refractivity contribution >= 4 is 18.0 Å². The van der Waals surface area contributed by atoms with Crippen molar-refractivity contribution in [3.05, 3.63) is 35.5 Å². The standard InChI is InChI=1S/C16H23NS/c1-15(2,3)11-16(4,5)14-10-12-8-6-7-9-13(12)18-17-14/h6-10,17H,11H2,1-5H3. The normalized spacial score (nSPS) is 15.7. The van der Waals surface area contributed by atoms with Gasteiger partial charge in [-0.2, -0.15) is 0 Å². The molecule has 1 aliphatic heterocycles. The zero-order chi connectivity index (χ0) is 13.4. The highest BCUT2D eigenvalue weighted by Gasteiger charge is 2.30. The van der Waals surface area contributed by atoms with E-state index in [2.05, 4.69) is 69.7 Å². The number of rotatable bonds is 2. The number of allylic oxidation sites excluding steroid dienone is 1. The van der Waals surface area contributed by atoms with Gasteiger partial charge in [-0.25, -0.2) is 0 Å². The Morgan fingerprint density at radius 2 is 1.72 bits per heavy atom. The average Bonchev–Trinajstić information content (AvgIpc) is 2.25. The largest absolute Gasteiger partial charge is 0.329 e. The van der Waals surface area contributed by atoms with E-state index in [1.807, 2.05) is 0 Å². The number of hydrogen-bond acceptors (Lipinski definition) is 2. The van der Waals surface area contributed by atoms with E-state index in [1.54, 1.807) is 11.9 Å². The van der Waals surface area contributed by atoms with Gasteiger partial charge in [0.25, 0.3) is 0 Å². The molecule has 0 fully saturated rings. The summed E-state index contributed by atoms with van der Waals surface area (Å²) in [4.78, 5) is 1.31. The summed E-state index contributed by atoms with van der Waals surface area (Å²) in [5, 5.41) is 0. The molecule has 1 aromatic carbocycles. The van der Waals surface area contributed by atoms with Crippen LogP contribution in [0.2, 0.25) is 0 Å². The minimum atomic E-state index is 0.179. The quantitative estimate of drug-likeness (QED) is 0.743. The molecular formula is C16H23NS. The van der Waals surface area contributed by atoms with Gasteiger partial charge in [0.05, 0.1) is 0 Å². The molecule has 2 heteroatoms. The minimum absolute atomic E-state index is 0.179. The van der Waals surface area contributed by atoms with Gasteiger partial charge in [-0.15, -0.1) is 0 Å². The van der Waals surface area contributed by atoms with Crippen LogP contribution in [0.5, 0.6) is 0 Å². The second-order valence-corrected chi connectivity index (χ2v) is 7.77. The highest BCUT2D eigenvalue weighted by Crippen LogP contribution is 2.42. The summed E-state index contributed by atoms with van der Waals surface area (Å²) in [6, 6.07) is 8.55. The summed E-state index contributed by atoms with van der Waals surface area (Å²) in [5.74, 6) is 0. The fourth-order valence-corrected chi connectivity index (χ4v) is 3.69. The topological polar surface area (TPSA) is 12.0 Å². The Morgan fingerprint density at radius 1 is 1.06 bits per heavy atom. The van der Waals surface area contributed by atoms with E-state index in [0.29, 0.717) is 5.41 Å². The van der Waals surface area contributed by atoms with Crippen molar-refractivity contribution in [1.29, 1.82) is 0 Å². The molecule has 1 heterocycles. The van der Waals surface area contributed by atoms with Gasteiger partial charge in [-0.3, -0.25) is 0 Å². The van der Waals surface area contributed by atoms with Gasteiger partial charge in [-0.1, -0.05) is 52.8 Å². The van der Waals surface area contributed by atoms with E-state index in [9.17, 15) is 0 Å². The lowest BCUT2D eigenvalue weighted by Crippen LogP contribution is -2.29. The van der Waals surface area contributed by atoms with Crippen LogP contribution in [-0.4, -0.2) is 0 Å². The van der Waals surface area contributed by atoms with E-state index in [0.717, 1.165) is 0 Å². The molecule has 98 valence electrons. The molecule has 0 aliphatic carbocycles. The van der Waals surface area contributed by atoms with Crippen LogP contribution in [0.25, 0.3) is 6.08 Å². The van der Waals surface area contributed by atoms with Crippen molar-refractivity contribution in [2.75, 3.05) is 0 Å². The van der Waals surface area contributed by atoms with Crippen LogP contribution in [0.1, 0.15) is 46.6 Å². The minimum Gasteiger partial charge on any atom is -0.329 e. The Kier molecular flexibility index (Phi) is 3.50. The fourth-order valence-electron chi connectivity index (χ4n) is 2.74. The van der Waals surface area contributed by atoms with Crippen molar-refractivity contribution in [3.8, 4) is 0 Å². The van der Waals surface area contributed by atoms with Crippen molar-refractivity contribution in [2.45, 2.75) is 45.9 Å². The summed E-state index contributed by atoms with van der Waals surface area (Å²) >= 11 is 1.73. The van der Waals surface area contributed by atoms with Gasteiger partial charge in [0.15, 0.2) is 0 Å². The molecule has 1 aromatic rings. The molecule has 0 aromatic heterocycles. The van der Waals surface area contributed by atoms with Crippen LogP contribution in [0.15, 0.2) is 34.9 Å². The molecule has 0 spiro atoms. The second kappa shape index (κ2) is 4.65. The summed E-state index contributed by atoms with van der Waals surface area (Å²) in [7, 11) is 0. The Balaban J connectivity index is 2.28. The number of benzene rings is 1. The Bertz CT molecular complexity index is 466. The third kappa shape index (κ3) is 3.11. The van der Waals surface area contributed by atoms with Crippen LogP contribution >= 0.6 is 11.9 Å². The van der Waals surface area contributed by atoms with E-state index >= 15 is 0 Å². The fraction of sp³-hybridized carbons (Fsp3) is 0.500. The molecule has 2 rings (SSSR count). The van der Waals surface area contributed by atoms with Crippen LogP contribution < -0.4 is 4.72 Å². The lowest BCUT2D eigenvalue weighted by atomic mass is 9.74. The number of fused-ring (bicyclic) bond motifs is 1. The maximum atomic E-state index is 3.52. The molecule has 0 amide bonds. The molecule has 1 nitrogen and oxygen atoms in total. The van der Waals surface area contributed by atoms with E-state index in [-0.39, 0.29) is 5.41 Å². The van der Waals surface area contributed by atoms with Crippen LogP contribution in [0.3, 0.4) is 0 Å². The van der Waals surface area contributed by atoms with Gasteiger partial charge in [-0.05, 0) is 41.5 Å². The van der Waals surface area contributed by atoms with Crippen molar-refractivity contribution in [2.24, 2.45) is 10.8 Å². The highest BCUT2D eigenvalue weighted by molar-refractivity contribution is 7.97. The van der Waals surface area contributed by atoms with Gasteiger partial charge in [0, 0.05) is 16.0 Å². The molecule has 18 heavy (non-hydrogen) atoms.